The molecule has 0 aliphatic carbocycles. The maximum atomic E-state index is 6.83. The SMILES string of the molecule is c1ccc(-c2ccc(-c3cc(-c4ccccc4)nc(-c4ccc5c(c4)oc4c5ccc5c(-c6ccccc6)nc6ccccc6c54)n3)cc2)cc1. The molecule has 10 rings (SSSR count). The summed E-state index contributed by atoms with van der Waals surface area (Å²) >= 11 is 0. The number of para-hydroxylation sites is 1. The van der Waals surface area contributed by atoms with Crippen LogP contribution in [0, 0.1) is 0 Å². The van der Waals surface area contributed by atoms with Crippen LogP contribution in [0.1, 0.15) is 0 Å². The van der Waals surface area contributed by atoms with Gasteiger partial charge >= 0.3 is 0 Å². The highest BCUT2D eigenvalue weighted by Crippen LogP contribution is 2.41. The molecule has 0 N–H and O–H groups in total. The normalized spacial score (nSPS) is 11.5. The van der Waals surface area contributed by atoms with Crippen molar-refractivity contribution >= 4 is 43.6 Å². The quantitative estimate of drug-likeness (QED) is 0.174. The Morgan fingerprint density at radius 2 is 0.882 bits per heavy atom. The van der Waals surface area contributed by atoms with Crippen molar-refractivity contribution in [3.63, 3.8) is 0 Å². The number of furan rings is 1. The second-order valence-electron chi connectivity index (χ2n) is 12.8. The van der Waals surface area contributed by atoms with E-state index in [1.807, 2.05) is 36.4 Å². The summed E-state index contributed by atoms with van der Waals surface area (Å²) in [4.78, 5) is 15.4. The maximum absolute atomic E-state index is 6.83. The molecule has 0 aliphatic heterocycles. The Kier molecular flexibility index (Phi) is 6.78. The molecule has 10 aromatic rings. The summed E-state index contributed by atoms with van der Waals surface area (Å²) in [6.07, 6.45) is 0. The van der Waals surface area contributed by atoms with Gasteiger partial charge in [-0.25, -0.2) is 15.0 Å². The molecule has 0 unspecified atom stereocenters. The van der Waals surface area contributed by atoms with E-state index in [9.17, 15) is 0 Å². The zero-order valence-corrected chi connectivity index (χ0v) is 27.5. The van der Waals surface area contributed by atoms with E-state index in [4.69, 9.17) is 19.4 Å². The first-order valence-electron chi connectivity index (χ1n) is 17.1. The van der Waals surface area contributed by atoms with Crippen molar-refractivity contribution in [3.8, 4) is 56.3 Å². The second kappa shape index (κ2) is 11.9. The van der Waals surface area contributed by atoms with Crippen LogP contribution in [0.25, 0.3) is 99.9 Å². The highest BCUT2D eigenvalue weighted by atomic mass is 16.3. The van der Waals surface area contributed by atoms with Crippen molar-refractivity contribution in [2.45, 2.75) is 0 Å². The molecule has 4 heteroatoms. The van der Waals surface area contributed by atoms with Crippen LogP contribution < -0.4 is 0 Å². The Bertz CT molecular complexity index is 2880. The largest absolute Gasteiger partial charge is 0.455 e. The molecule has 0 radical (unpaired) electrons. The van der Waals surface area contributed by atoms with Crippen LogP contribution >= 0.6 is 0 Å². The van der Waals surface area contributed by atoms with Crippen LogP contribution in [-0.4, -0.2) is 15.0 Å². The first-order chi connectivity index (χ1) is 25.3. The predicted octanol–water partition coefficient (Wildman–Crippen LogP) is 12.4. The number of benzene rings is 7. The van der Waals surface area contributed by atoms with E-state index in [-0.39, 0.29) is 0 Å². The van der Waals surface area contributed by atoms with Crippen LogP contribution in [0.5, 0.6) is 0 Å². The summed E-state index contributed by atoms with van der Waals surface area (Å²) in [6, 6.07) is 60.7. The van der Waals surface area contributed by atoms with Crippen molar-refractivity contribution in [2.24, 2.45) is 0 Å². The Morgan fingerprint density at radius 3 is 1.61 bits per heavy atom. The molecule has 0 saturated carbocycles. The molecule has 0 amide bonds. The van der Waals surface area contributed by atoms with Crippen LogP contribution in [0.3, 0.4) is 0 Å². The first kappa shape index (κ1) is 29.0. The number of nitrogens with zero attached hydrogens (tertiary/aromatic N) is 3. The minimum Gasteiger partial charge on any atom is -0.455 e. The van der Waals surface area contributed by atoms with Crippen LogP contribution in [-0.2, 0) is 0 Å². The average molecular weight is 652 g/mol. The number of hydrogen-bond donors (Lipinski definition) is 0. The summed E-state index contributed by atoms with van der Waals surface area (Å²) in [5.74, 6) is 0.645. The molecule has 0 spiro atoms. The minimum absolute atomic E-state index is 0.645. The standard InChI is InChI=1S/C47H29N3O/c1-4-12-30(13-5-1)31-20-22-33(23-21-31)42-29-41(32-14-6-2-7-15-32)49-47(50-42)35-24-25-36-37-26-27-39-44(46(37)51-43(36)28-35)38-18-10-11-19-40(38)48-45(39)34-16-8-3-9-17-34/h1-29H. The number of hydrogen-bond acceptors (Lipinski definition) is 4. The minimum atomic E-state index is 0.645. The predicted molar refractivity (Wildman–Crippen MR) is 209 cm³/mol. The maximum Gasteiger partial charge on any atom is 0.160 e. The van der Waals surface area contributed by atoms with Gasteiger partial charge in [-0.05, 0) is 41.5 Å². The van der Waals surface area contributed by atoms with Crippen LogP contribution in [0.2, 0.25) is 0 Å². The molecule has 0 bridgehead atoms. The van der Waals surface area contributed by atoms with E-state index in [1.54, 1.807) is 0 Å². The molecule has 0 saturated heterocycles. The van der Waals surface area contributed by atoms with Gasteiger partial charge in [0.15, 0.2) is 5.82 Å². The van der Waals surface area contributed by atoms with Crippen molar-refractivity contribution < 1.29 is 4.42 Å². The molecule has 4 nitrogen and oxygen atoms in total. The zero-order chi connectivity index (χ0) is 33.7. The van der Waals surface area contributed by atoms with Gasteiger partial charge < -0.3 is 4.42 Å². The number of pyridine rings is 1. The molecule has 7 aromatic carbocycles. The van der Waals surface area contributed by atoms with Gasteiger partial charge in [0.2, 0.25) is 0 Å². The number of aromatic nitrogens is 3. The van der Waals surface area contributed by atoms with E-state index in [1.165, 1.54) is 11.1 Å². The third-order valence-corrected chi connectivity index (χ3v) is 9.69. The lowest BCUT2D eigenvalue weighted by Gasteiger charge is -2.10. The van der Waals surface area contributed by atoms with E-state index in [0.717, 1.165) is 82.9 Å². The lowest BCUT2D eigenvalue weighted by molar-refractivity contribution is 0.673. The lowest BCUT2D eigenvalue weighted by atomic mass is 9.98. The zero-order valence-electron chi connectivity index (χ0n) is 27.5. The molecule has 238 valence electrons. The fourth-order valence-electron chi connectivity index (χ4n) is 7.17. The van der Waals surface area contributed by atoms with Gasteiger partial charge in [0.05, 0.1) is 22.6 Å². The molecule has 51 heavy (non-hydrogen) atoms. The summed E-state index contributed by atoms with van der Waals surface area (Å²) in [6.45, 7) is 0. The van der Waals surface area contributed by atoms with Crippen molar-refractivity contribution in [2.75, 3.05) is 0 Å². The Morgan fingerprint density at radius 1 is 0.353 bits per heavy atom. The third kappa shape index (κ3) is 5.04. The molecule has 0 fully saturated rings. The lowest BCUT2D eigenvalue weighted by Crippen LogP contribution is -1.96. The van der Waals surface area contributed by atoms with Gasteiger partial charge in [0.25, 0.3) is 0 Å². The number of rotatable bonds is 5. The van der Waals surface area contributed by atoms with Crippen molar-refractivity contribution in [1.82, 2.24) is 15.0 Å². The Hall–Kier alpha value is -6.91. The van der Waals surface area contributed by atoms with E-state index >= 15 is 0 Å². The van der Waals surface area contributed by atoms with E-state index in [0.29, 0.717) is 5.82 Å². The molecule has 0 atom stereocenters. The van der Waals surface area contributed by atoms with Crippen LogP contribution in [0.15, 0.2) is 180 Å². The van der Waals surface area contributed by atoms with E-state index < -0.39 is 0 Å². The fraction of sp³-hybridized carbons (Fsp3) is 0. The summed E-state index contributed by atoms with van der Waals surface area (Å²) < 4.78 is 6.83. The van der Waals surface area contributed by atoms with Gasteiger partial charge in [0, 0.05) is 49.2 Å². The smallest absolute Gasteiger partial charge is 0.160 e. The number of fused-ring (bicyclic) bond motifs is 7. The summed E-state index contributed by atoms with van der Waals surface area (Å²) in [5.41, 5.74) is 11.6. The molecule has 3 aromatic heterocycles. The van der Waals surface area contributed by atoms with Crippen molar-refractivity contribution in [3.05, 3.63) is 176 Å². The van der Waals surface area contributed by atoms with E-state index in [2.05, 4.69) is 140 Å². The molecular weight excluding hydrogens is 623 g/mol. The monoisotopic (exact) mass is 651 g/mol. The first-order valence-corrected chi connectivity index (χ1v) is 17.1. The highest BCUT2D eigenvalue weighted by Gasteiger charge is 2.18. The van der Waals surface area contributed by atoms with Gasteiger partial charge in [-0.15, -0.1) is 0 Å². The van der Waals surface area contributed by atoms with Gasteiger partial charge in [-0.2, -0.15) is 0 Å². The van der Waals surface area contributed by atoms with Crippen molar-refractivity contribution in [1.29, 1.82) is 0 Å². The Balaban J connectivity index is 1.15. The Labute approximate surface area is 294 Å². The molecular formula is C47H29N3O. The fourth-order valence-corrected chi connectivity index (χ4v) is 7.17. The van der Waals surface area contributed by atoms with Crippen LogP contribution in [0.4, 0.5) is 0 Å². The third-order valence-electron chi connectivity index (χ3n) is 9.69. The summed E-state index contributed by atoms with van der Waals surface area (Å²) in [5, 5.41) is 5.32. The van der Waals surface area contributed by atoms with Gasteiger partial charge in [0.1, 0.15) is 11.2 Å². The van der Waals surface area contributed by atoms with Gasteiger partial charge in [-0.3, -0.25) is 0 Å². The topological polar surface area (TPSA) is 51.8 Å². The molecule has 3 heterocycles. The highest BCUT2D eigenvalue weighted by molar-refractivity contribution is 6.24. The summed E-state index contributed by atoms with van der Waals surface area (Å²) in [7, 11) is 0. The molecule has 0 aliphatic rings. The average Bonchev–Trinajstić information content (AvgIpc) is 3.59. The van der Waals surface area contributed by atoms with Gasteiger partial charge in [-0.1, -0.05) is 146 Å². The second-order valence-corrected chi connectivity index (χ2v) is 12.8.